The molecule has 0 saturated carbocycles. The Morgan fingerprint density at radius 1 is 1.31 bits per heavy atom. The summed E-state index contributed by atoms with van der Waals surface area (Å²) < 4.78 is 5.14. The van der Waals surface area contributed by atoms with Crippen LogP contribution in [0.15, 0.2) is 24.3 Å². The Balaban J connectivity index is 2.46. The van der Waals surface area contributed by atoms with Gasteiger partial charge in [0.05, 0.1) is 12.7 Å². The van der Waals surface area contributed by atoms with Crippen LogP contribution in [0.2, 0.25) is 0 Å². The summed E-state index contributed by atoms with van der Waals surface area (Å²) in [7, 11) is 1.70. The molecular weight excluding hydrogens is 202 g/mol. The molecule has 1 rings (SSSR count). The summed E-state index contributed by atoms with van der Waals surface area (Å²) in [6, 6.07) is 8.18. The van der Waals surface area contributed by atoms with Gasteiger partial charge in [-0.15, -0.1) is 0 Å². The zero-order valence-corrected chi connectivity index (χ0v) is 10.1. The molecule has 0 aliphatic rings. The molecule has 0 amide bonds. The van der Waals surface area contributed by atoms with Crippen LogP contribution in [0.4, 0.5) is 0 Å². The molecule has 1 aromatic rings. The summed E-state index contributed by atoms with van der Waals surface area (Å²) in [4.78, 5) is 0. The number of hydrogen-bond acceptors (Lipinski definition) is 3. The number of aliphatic hydroxyl groups excluding tert-OH is 1. The molecule has 1 atom stereocenters. The highest BCUT2D eigenvalue weighted by atomic mass is 16.5. The molecule has 0 heterocycles. The molecule has 1 aromatic carbocycles. The predicted octanol–water partition coefficient (Wildman–Crippen LogP) is 1.69. The first kappa shape index (κ1) is 13.2. The second-order valence-electron chi connectivity index (χ2n) is 3.89. The molecule has 0 spiro atoms. The molecule has 3 heteroatoms. The van der Waals surface area contributed by atoms with Crippen LogP contribution in [0.5, 0.6) is 0 Å². The molecule has 0 aliphatic carbocycles. The molecule has 0 bridgehead atoms. The molecule has 0 fully saturated rings. The van der Waals surface area contributed by atoms with Crippen LogP contribution in [0.3, 0.4) is 0 Å². The van der Waals surface area contributed by atoms with E-state index in [1.807, 2.05) is 19.1 Å². The van der Waals surface area contributed by atoms with Gasteiger partial charge in [0.2, 0.25) is 0 Å². The first-order chi connectivity index (χ1) is 7.77. The minimum absolute atomic E-state index is 0.255. The van der Waals surface area contributed by atoms with Crippen LogP contribution in [0.1, 0.15) is 24.5 Å². The van der Waals surface area contributed by atoms with Crippen LogP contribution < -0.4 is 5.32 Å². The Labute approximate surface area is 97.4 Å². The van der Waals surface area contributed by atoms with E-state index in [-0.39, 0.29) is 6.10 Å². The van der Waals surface area contributed by atoms with Gasteiger partial charge in [-0.05, 0) is 17.5 Å². The van der Waals surface area contributed by atoms with Crippen molar-refractivity contribution in [2.75, 3.05) is 13.7 Å². The van der Waals surface area contributed by atoms with E-state index >= 15 is 0 Å². The largest absolute Gasteiger partial charge is 0.392 e. The Kier molecular flexibility index (Phi) is 6.08. The summed E-state index contributed by atoms with van der Waals surface area (Å²) in [5.74, 6) is 0. The highest BCUT2D eigenvalue weighted by Crippen LogP contribution is 2.09. The molecule has 1 unspecified atom stereocenters. The Bertz CT molecular complexity index is 302. The zero-order valence-electron chi connectivity index (χ0n) is 10.1. The maximum atomic E-state index is 9.42. The van der Waals surface area contributed by atoms with Crippen molar-refractivity contribution >= 4 is 0 Å². The number of methoxy groups -OCH3 is 1. The quantitative estimate of drug-likeness (QED) is 0.739. The standard InChI is InChI=1S/C13H21NO2/c1-3-13(15)9-14-8-11-6-4-5-7-12(11)10-16-2/h4-7,13-15H,3,8-10H2,1-2H3. The van der Waals surface area contributed by atoms with E-state index in [9.17, 15) is 5.11 Å². The maximum absolute atomic E-state index is 9.42. The maximum Gasteiger partial charge on any atom is 0.0716 e. The number of hydrogen-bond donors (Lipinski definition) is 2. The molecule has 0 aliphatic heterocycles. The predicted molar refractivity (Wildman–Crippen MR) is 65.2 cm³/mol. The van der Waals surface area contributed by atoms with Gasteiger partial charge in [-0.2, -0.15) is 0 Å². The van der Waals surface area contributed by atoms with Crippen molar-refractivity contribution in [3.05, 3.63) is 35.4 Å². The summed E-state index contributed by atoms with van der Waals surface area (Å²) >= 11 is 0. The topological polar surface area (TPSA) is 41.5 Å². The van der Waals surface area contributed by atoms with Crippen molar-refractivity contribution < 1.29 is 9.84 Å². The number of rotatable bonds is 7. The van der Waals surface area contributed by atoms with E-state index in [4.69, 9.17) is 4.74 Å². The van der Waals surface area contributed by atoms with E-state index < -0.39 is 0 Å². The summed E-state index contributed by atoms with van der Waals surface area (Å²) in [5.41, 5.74) is 2.43. The Morgan fingerprint density at radius 2 is 2.00 bits per heavy atom. The van der Waals surface area contributed by atoms with Crippen LogP contribution in [-0.4, -0.2) is 24.9 Å². The SMILES string of the molecule is CCC(O)CNCc1ccccc1COC. The lowest BCUT2D eigenvalue weighted by Crippen LogP contribution is -2.26. The molecule has 3 nitrogen and oxygen atoms in total. The van der Waals surface area contributed by atoms with Crippen LogP contribution >= 0.6 is 0 Å². The number of benzene rings is 1. The van der Waals surface area contributed by atoms with Gasteiger partial charge < -0.3 is 15.2 Å². The molecule has 0 aromatic heterocycles. The third-order valence-corrected chi connectivity index (χ3v) is 2.58. The first-order valence-electron chi connectivity index (χ1n) is 5.72. The first-order valence-corrected chi connectivity index (χ1v) is 5.72. The molecule has 2 N–H and O–H groups in total. The van der Waals surface area contributed by atoms with Gasteiger partial charge in [-0.25, -0.2) is 0 Å². The number of ether oxygens (including phenoxy) is 1. The number of nitrogens with one attached hydrogen (secondary N) is 1. The summed E-state index contributed by atoms with van der Waals surface area (Å²) in [5, 5.41) is 12.7. The second-order valence-corrected chi connectivity index (χ2v) is 3.89. The lowest BCUT2D eigenvalue weighted by atomic mass is 10.1. The molecule has 16 heavy (non-hydrogen) atoms. The van der Waals surface area contributed by atoms with Crippen molar-refractivity contribution in [3.63, 3.8) is 0 Å². The van der Waals surface area contributed by atoms with Crippen molar-refractivity contribution in [1.29, 1.82) is 0 Å². The smallest absolute Gasteiger partial charge is 0.0716 e. The van der Waals surface area contributed by atoms with Crippen LogP contribution in [0, 0.1) is 0 Å². The average molecular weight is 223 g/mol. The fourth-order valence-electron chi connectivity index (χ4n) is 1.54. The third-order valence-electron chi connectivity index (χ3n) is 2.58. The van der Waals surface area contributed by atoms with Crippen LogP contribution in [-0.2, 0) is 17.9 Å². The lowest BCUT2D eigenvalue weighted by Gasteiger charge is -2.12. The Morgan fingerprint density at radius 3 is 2.62 bits per heavy atom. The van der Waals surface area contributed by atoms with Crippen molar-refractivity contribution in [2.45, 2.75) is 32.6 Å². The highest BCUT2D eigenvalue weighted by Gasteiger charge is 2.03. The Hall–Kier alpha value is -0.900. The van der Waals surface area contributed by atoms with Crippen LogP contribution in [0.25, 0.3) is 0 Å². The van der Waals surface area contributed by atoms with Gasteiger partial charge in [-0.3, -0.25) is 0 Å². The van der Waals surface area contributed by atoms with Gasteiger partial charge in [0.15, 0.2) is 0 Å². The van der Waals surface area contributed by atoms with E-state index in [1.165, 1.54) is 11.1 Å². The van der Waals surface area contributed by atoms with E-state index in [0.29, 0.717) is 13.2 Å². The van der Waals surface area contributed by atoms with Gasteiger partial charge in [0, 0.05) is 20.2 Å². The van der Waals surface area contributed by atoms with Crippen molar-refractivity contribution in [3.8, 4) is 0 Å². The fraction of sp³-hybridized carbons (Fsp3) is 0.538. The van der Waals surface area contributed by atoms with Gasteiger partial charge in [-0.1, -0.05) is 31.2 Å². The fourth-order valence-corrected chi connectivity index (χ4v) is 1.54. The van der Waals surface area contributed by atoms with E-state index in [2.05, 4.69) is 17.4 Å². The number of aliphatic hydroxyl groups is 1. The molecule has 0 saturated heterocycles. The van der Waals surface area contributed by atoms with Crippen molar-refractivity contribution in [2.24, 2.45) is 0 Å². The minimum atomic E-state index is -0.255. The normalized spacial score (nSPS) is 12.7. The lowest BCUT2D eigenvalue weighted by molar-refractivity contribution is 0.166. The highest BCUT2D eigenvalue weighted by molar-refractivity contribution is 5.26. The summed E-state index contributed by atoms with van der Waals surface area (Å²) in [6.45, 7) is 4.02. The summed E-state index contributed by atoms with van der Waals surface area (Å²) in [6.07, 6.45) is 0.529. The van der Waals surface area contributed by atoms with Gasteiger partial charge in [0.25, 0.3) is 0 Å². The van der Waals surface area contributed by atoms with Gasteiger partial charge in [0.1, 0.15) is 0 Å². The third kappa shape index (κ3) is 4.31. The van der Waals surface area contributed by atoms with E-state index in [1.54, 1.807) is 7.11 Å². The second kappa shape index (κ2) is 7.39. The monoisotopic (exact) mass is 223 g/mol. The molecular formula is C13H21NO2. The van der Waals surface area contributed by atoms with E-state index in [0.717, 1.165) is 13.0 Å². The van der Waals surface area contributed by atoms with Crippen molar-refractivity contribution in [1.82, 2.24) is 5.32 Å². The molecule has 0 radical (unpaired) electrons. The zero-order chi connectivity index (χ0) is 11.8. The molecule has 90 valence electrons. The van der Waals surface area contributed by atoms with Gasteiger partial charge >= 0.3 is 0 Å². The minimum Gasteiger partial charge on any atom is -0.392 e. The average Bonchev–Trinajstić information content (AvgIpc) is 2.31.